The molecular weight excluding hydrogens is 262 g/mol. The fraction of sp³-hybridized carbons (Fsp3) is 0.750. The Kier molecular flexibility index (Phi) is 4.29. The van der Waals surface area contributed by atoms with E-state index >= 15 is 0 Å². The standard InChI is InChI=1S/C16H27N5/c1-4-13-11-15(18-16(17-13)19(2)3)21-10-9-20-8-6-5-7-14(20)12-21/h11,14H,4-10,12H2,1-3H3/t14-/m0/s1. The zero-order chi connectivity index (χ0) is 14.8. The van der Waals surface area contributed by atoms with Gasteiger partial charge in [-0.25, -0.2) is 4.98 Å². The number of hydrogen-bond acceptors (Lipinski definition) is 5. The Bertz CT molecular complexity index is 488. The Morgan fingerprint density at radius 1 is 1.19 bits per heavy atom. The summed E-state index contributed by atoms with van der Waals surface area (Å²) in [6.45, 7) is 6.82. The van der Waals surface area contributed by atoms with Gasteiger partial charge in [-0.15, -0.1) is 0 Å². The minimum Gasteiger partial charge on any atom is -0.354 e. The highest BCUT2D eigenvalue weighted by atomic mass is 15.3. The third-order valence-electron chi connectivity index (χ3n) is 4.68. The number of rotatable bonds is 3. The molecule has 0 radical (unpaired) electrons. The van der Waals surface area contributed by atoms with Gasteiger partial charge in [-0.2, -0.15) is 4.98 Å². The lowest BCUT2D eigenvalue weighted by Gasteiger charge is -2.44. The second-order valence-corrected chi connectivity index (χ2v) is 6.40. The van der Waals surface area contributed by atoms with E-state index in [-0.39, 0.29) is 0 Å². The van der Waals surface area contributed by atoms with E-state index in [1.54, 1.807) is 0 Å². The largest absolute Gasteiger partial charge is 0.354 e. The first-order valence-corrected chi connectivity index (χ1v) is 8.21. The summed E-state index contributed by atoms with van der Waals surface area (Å²) >= 11 is 0. The van der Waals surface area contributed by atoms with Crippen LogP contribution in [0.1, 0.15) is 31.9 Å². The molecule has 3 rings (SSSR count). The lowest BCUT2D eigenvalue weighted by molar-refractivity contribution is 0.133. The van der Waals surface area contributed by atoms with E-state index < -0.39 is 0 Å². The number of anilines is 2. The van der Waals surface area contributed by atoms with Crippen molar-refractivity contribution in [1.29, 1.82) is 0 Å². The van der Waals surface area contributed by atoms with Crippen molar-refractivity contribution in [2.24, 2.45) is 0 Å². The first kappa shape index (κ1) is 14.6. The third kappa shape index (κ3) is 3.12. The molecule has 116 valence electrons. The van der Waals surface area contributed by atoms with Crippen LogP contribution in [0.2, 0.25) is 0 Å². The molecule has 0 spiro atoms. The number of piperidine rings is 1. The highest BCUT2D eigenvalue weighted by molar-refractivity contribution is 5.46. The van der Waals surface area contributed by atoms with Crippen molar-refractivity contribution in [3.05, 3.63) is 11.8 Å². The smallest absolute Gasteiger partial charge is 0.227 e. The zero-order valence-electron chi connectivity index (χ0n) is 13.5. The molecule has 0 aromatic carbocycles. The van der Waals surface area contributed by atoms with Crippen molar-refractivity contribution >= 4 is 11.8 Å². The van der Waals surface area contributed by atoms with Crippen molar-refractivity contribution in [3.63, 3.8) is 0 Å². The van der Waals surface area contributed by atoms with Gasteiger partial charge < -0.3 is 9.80 Å². The lowest BCUT2D eigenvalue weighted by atomic mass is 9.99. The molecule has 2 aliphatic rings. The molecule has 21 heavy (non-hydrogen) atoms. The Hall–Kier alpha value is -1.36. The van der Waals surface area contributed by atoms with Crippen LogP contribution in [0.3, 0.4) is 0 Å². The molecule has 1 aromatic heterocycles. The maximum atomic E-state index is 4.76. The van der Waals surface area contributed by atoms with Crippen LogP contribution in [-0.2, 0) is 6.42 Å². The molecule has 2 fully saturated rings. The number of hydrogen-bond donors (Lipinski definition) is 0. The summed E-state index contributed by atoms with van der Waals surface area (Å²) < 4.78 is 0. The monoisotopic (exact) mass is 289 g/mol. The zero-order valence-corrected chi connectivity index (χ0v) is 13.5. The number of fused-ring (bicyclic) bond motifs is 1. The van der Waals surface area contributed by atoms with Crippen molar-refractivity contribution in [2.45, 2.75) is 38.6 Å². The molecule has 1 aromatic rings. The number of piperazine rings is 1. The van der Waals surface area contributed by atoms with E-state index in [9.17, 15) is 0 Å². The van der Waals surface area contributed by atoms with Gasteiger partial charge in [0.1, 0.15) is 5.82 Å². The van der Waals surface area contributed by atoms with E-state index in [0.717, 1.165) is 43.0 Å². The first-order chi connectivity index (χ1) is 10.2. The molecule has 1 atom stereocenters. The summed E-state index contributed by atoms with van der Waals surface area (Å²) in [6, 6.07) is 2.89. The fourth-order valence-electron chi connectivity index (χ4n) is 3.38. The van der Waals surface area contributed by atoms with Gasteiger partial charge in [0.2, 0.25) is 5.95 Å². The van der Waals surface area contributed by atoms with E-state index in [2.05, 4.69) is 27.8 Å². The minimum absolute atomic E-state index is 0.718. The van der Waals surface area contributed by atoms with Gasteiger partial charge in [-0.1, -0.05) is 13.3 Å². The van der Waals surface area contributed by atoms with Crippen LogP contribution >= 0.6 is 0 Å². The second kappa shape index (κ2) is 6.18. The van der Waals surface area contributed by atoms with Crippen LogP contribution in [0.15, 0.2) is 6.07 Å². The van der Waals surface area contributed by atoms with Crippen LogP contribution in [0, 0.1) is 0 Å². The molecule has 5 nitrogen and oxygen atoms in total. The van der Waals surface area contributed by atoms with E-state index in [0.29, 0.717) is 0 Å². The van der Waals surface area contributed by atoms with Gasteiger partial charge in [-0.05, 0) is 25.8 Å². The average molecular weight is 289 g/mol. The van der Waals surface area contributed by atoms with Crippen molar-refractivity contribution in [1.82, 2.24) is 14.9 Å². The lowest BCUT2D eigenvalue weighted by Crippen LogP contribution is -2.55. The predicted molar refractivity (Wildman–Crippen MR) is 87.2 cm³/mol. The van der Waals surface area contributed by atoms with Gasteiger partial charge in [0, 0.05) is 51.5 Å². The quantitative estimate of drug-likeness (QED) is 0.847. The molecule has 0 N–H and O–H groups in total. The summed E-state index contributed by atoms with van der Waals surface area (Å²) in [5.74, 6) is 1.94. The van der Waals surface area contributed by atoms with Crippen LogP contribution in [-0.4, -0.2) is 61.2 Å². The molecular formula is C16H27N5. The van der Waals surface area contributed by atoms with Gasteiger partial charge >= 0.3 is 0 Å². The number of nitrogens with zero attached hydrogens (tertiary/aromatic N) is 5. The highest BCUT2D eigenvalue weighted by Gasteiger charge is 2.29. The van der Waals surface area contributed by atoms with Crippen LogP contribution in [0.4, 0.5) is 11.8 Å². The third-order valence-corrected chi connectivity index (χ3v) is 4.68. The molecule has 5 heteroatoms. The summed E-state index contributed by atoms with van der Waals surface area (Å²) in [5, 5.41) is 0. The Morgan fingerprint density at radius 3 is 2.81 bits per heavy atom. The molecule has 0 unspecified atom stereocenters. The second-order valence-electron chi connectivity index (χ2n) is 6.40. The van der Waals surface area contributed by atoms with E-state index in [1.165, 1.54) is 32.4 Å². The maximum absolute atomic E-state index is 4.76. The summed E-state index contributed by atoms with van der Waals surface area (Å²) in [6.07, 6.45) is 5.04. The molecule has 0 saturated carbocycles. The molecule has 0 amide bonds. The normalized spacial score (nSPS) is 23.0. The van der Waals surface area contributed by atoms with Gasteiger partial charge in [0.05, 0.1) is 0 Å². The van der Waals surface area contributed by atoms with Crippen molar-refractivity contribution in [2.75, 3.05) is 50.1 Å². The average Bonchev–Trinajstić information content (AvgIpc) is 2.53. The Morgan fingerprint density at radius 2 is 2.05 bits per heavy atom. The number of aryl methyl sites for hydroxylation is 1. The topological polar surface area (TPSA) is 35.5 Å². The van der Waals surface area contributed by atoms with Crippen molar-refractivity contribution in [3.8, 4) is 0 Å². The molecule has 2 aliphatic heterocycles. The predicted octanol–water partition coefficient (Wildman–Crippen LogP) is 1.78. The minimum atomic E-state index is 0.718. The number of aromatic nitrogens is 2. The summed E-state index contributed by atoms with van der Waals surface area (Å²) in [4.78, 5) is 16.5. The van der Waals surface area contributed by atoms with Crippen molar-refractivity contribution < 1.29 is 0 Å². The van der Waals surface area contributed by atoms with E-state index in [1.807, 2.05) is 19.0 Å². The van der Waals surface area contributed by atoms with Gasteiger partial charge in [0.25, 0.3) is 0 Å². The summed E-state index contributed by atoms with van der Waals surface area (Å²) in [5.41, 5.74) is 1.13. The molecule has 2 saturated heterocycles. The summed E-state index contributed by atoms with van der Waals surface area (Å²) in [7, 11) is 4.02. The maximum Gasteiger partial charge on any atom is 0.227 e. The highest BCUT2D eigenvalue weighted by Crippen LogP contribution is 2.25. The Labute approximate surface area is 128 Å². The van der Waals surface area contributed by atoms with Gasteiger partial charge in [-0.3, -0.25) is 4.90 Å². The molecule has 3 heterocycles. The van der Waals surface area contributed by atoms with E-state index in [4.69, 9.17) is 4.98 Å². The first-order valence-electron chi connectivity index (χ1n) is 8.21. The Balaban J connectivity index is 1.81. The SMILES string of the molecule is CCc1cc(N2CCN3CCCC[C@H]3C2)nc(N(C)C)n1. The molecule has 0 aliphatic carbocycles. The van der Waals surface area contributed by atoms with Crippen LogP contribution in [0.5, 0.6) is 0 Å². The van der Waals surface area contributed by atoms with Gasteiger partial charge in [0.15, 0.2) is 0 Å². The van der Waals surface area contributed by atoms with Crippen LogP contribution < -0.4 is 9.80 Å². The van der Waals surface area contributed by atoms with Crippen LogP contribution in [0.25, 0.3) is 0 Å². The fourth-order valence-corrected chi connectivity index (χ4v) is 3.38. The molecule has 0 bridgehead atoms.